The Morgan fingerprint density at radius 3 is 2.00 bits per heavy atom. The molecule has 0 saturated heterocycles. The van der Waals surface area contributed by atoms with Crippen molar-refractivity contribution in [3.63, 3.8) is 0 Å². The predicted octanol–water partition coefficient (Wildman–Crippen LogP) is 2.72. The molecule has 0 aliphatic rings. The quantitative estimate of drug-likeness (QED) is 0.478. The predicted molar refractivity (Wildman–Crippen MR) is 37.5 cm³/mol. The summed E-state index contributed by atoms with van der Waals surface area (Å²) in [7, 11) is 0. The molecule has 8 heavy (non-hydrogen) atoms. The van der Waals surface area contributed by atoms with E-state index in [0.717, 1.165) is 6.42 Å². The van der Waals surface area contributed by atoms with E-state index in [4.69, 9.17) is 0 Å². The standard InChI is InChI=1S/C8H13/c1-5-6-8(4)7(2)3/h1,6H2,2-4H3. The van der Waals surface area contributed by atoms with Gasteiger partial charge in [-0.05, 0) is 33.3 Å². The van der Waals surface area contributed by atoms with E-state index in [-0.39, 0.29) is 0 Å². The lowest BCUT2D eigenvalue weighted by Gasteiger charge is -1.95. The molecule has 0 spiro atoms. The summed E-state index contributed by atoms with van der Waals surface area (Å²) >= 11 is 0. The van der Waals surface area contributed by atoms with Gasteiger partial charge in [0.25, 0.3) is 0 Å². The van der Waals surface area contributed by atoms with Gasteiger partial charge in [-0.15, -0.1) is 0 Å². The van der Waals surface area contributed by atoms with Gasteiger partial charge in [-0.2, -0.15) is 0 Å². The van der Waals surface area contributed by atoms with Crippen LogP contribution in [0, 0.1) is 6.08 Å². The zero-order valence-electron chi connectivity index (χ0n) is 5.91. The molecule has 1 radical (unpaired) electrons. The molecule has 0 nitrogen and oxygen atoms in total. The Labute approximate surface area is 51.9 Å². The lowest BCUT2D eigenvalue weighted by molar-refractivity contribution is 1.12. The molecule has 0 saturated carbocycles. The van der Waals surface area contributed by atoms with Gasteiger partial charge in [0.2, 0.25) is 0 Å². The average molecular weight is 109 g/mol. The molecule has 0 N–H and O–H groups in total. The van der Waals surface area contributed by atoms with Gasteiger partial charge in [0.05, 0.1) is 0 Å². The summed E-state index contributed by atoms with van der Waals surface area (Å²) in [6, 6.07) is 0. The fourth-order valence-corrected chi connectivity index (χ4v) is 0.364. The molecule has 0 aliphatic carbocycles. The monoisotopic (exact) mass is 109 g/mol. The Morgan fingerprint density at radius 2 is 1.88 bits per heavy atom. The summed E-state index contributed by atoms with van der Waals surface area (Å²) in [6.07, 6.45) is 3.75. The first-order valence-electron chi connectivity index (χ1n) is 2.81. The van der Waals surface area contributed by atoms with E-state index in [1.54, 1.807) is 0 Å². The Morgan fingerprint density at radius 1 is 1.38 bits per heavy atom. The Balaban J connectivity index is 3.79. The Bertz CT molecular complexity index is 103. The summed E-state index contributed by atoms with van der Waals surface area (Å²) < 4.78 is 0. The molecule has 0 bridgehead atoms. The van der Waals surface area contributed by atoms with E-state index < -0.39 is 0 Å². The summed E-state index contributed by atoms with van der Waals surface area (Å²) in [6.45, 7) is 9.84. The molecular formula is C8H13. The maximum absolute atomic E-state index is 3.52. The topological polar surface area (TPSA) is 0 Å². The summed E-state index contributed by atoms with van der Waals surface area (Å²) in [4.78, 5) is 0. The summed E-state index contributed by atoms with van der Waals surface area (Å²) in [5.74, 6) is 0. The van der Waals surface area contributed by atoms with E-state index in [1.165, 1.54) is 11.1 Å². The van der Waals surface area contributed by atoms with E-state index in [0.29, 0.717) is 0 Å². The van der Waals surface area contributed by atoms with E-state index in [9.17, 15) is 0 Å². The molecule has 0 aromatic rings. The molecule has 0 rings (SSSR count). The normalized spacial score (nSPS) is 8.38. The molecule has 0 aliphatic heterocycles. The molecule has 45 valence electrons. The second kappa shape index (κ2) is 3.48. The third-order valence-electron chi connectivity index (χ3n) is 1.24. The first-order chi connectivity index (χ1) is 3.68. The molecule has 0 amide bonds. The summed E-state index contributed by atoms with van der Waals surface area (Å²) in [5.41, 5.74) is 2.75. The SMILES string of the molecule is C=[C]CC(C)=C(C)C. The lowest BCUT2D eigenvalue weighted by atomic mass is 10.1. The number of allylic oxidation sites excluding steroid dienone is 3. The highest BCUT2D eigenvalue weighted by Gasteiger charge is 1.85. The average Bonchev–Trinajstić information content (AvgIpc) is 1.67. The first kappa shape index (κ1) is 7.48. The van der Waals surface area contributed by atoms with Gasteiger partial charge < -0.3 is 0 Å². The minimum Gasteiger partial charge on any atom is -0.0952 e. The van der Waals surface area contributed by atoms with Crippen molar-refractivity contribution in [2.45, 2.75) is 27.2 Å². The van der Waals surface area contributed by atoms with Crippen molar-refractivity contribution in [1.29, 1.82) is 0 Å². The van der Waals surface area contributed by atoms with E-state index in [2.05, 4.69) is 33.4 Å². The molecule has 0 atom stereocenters. The van der Waals surface area contributed by atoms with Crippen LogP contribution >= 0.6 is 0 Å². The first-order valence-corrected chi connectivity index (χ1v) is 2.81. The maximum Gasteiger partial charge on any atom is -0.00706 e. The third-order valence-corrected chi connectivity index (χ3v) is 1.24. The van der Waals surface area contributed by atoms with Crippen LogP contribution in [0.5, 0.6) is 0 Å². The molecule has 0 aromatic carbocycles. The number of hydrogen-bond acceptors (Lipinski definition) is 0. The maximum atomic E-state index is 3.52. The zero-order chi connectivity index (χ0) is 6.57. The molecular weight excluding hydrogens is 96.1 g/mol. The second-order valence-electron chi connectivity index (χ2n) is 2.21. The largest absolute Gasteiger partial charge is 0.0952 e. The highest BCUT2D eigenvalue weighted by molar-refractivity contribution is 5.07. The zero-order valence-corrected chi connectivity index (χ0v) is 5.91. The minimum absolute atomic E-state index is 0.905. The van der Waals surface area contributed by atoms with Crippen LogP contribution in [-0.4, -0.2) is 0 Å². The molecule has 0 unspecified atom stereocenters. The molecule has 0 fully saturated rings. The Kier molecular flexibility index (Phi) is 3.25. The number of hydrogen-bond donors (Lipinski definition) is 0. The van der Waals surface area contributed by atoms with Gasteiger partial charge in [0, 0.05) is 0 Å². The van der Waals surface area contributed by atoms with Crippen LogP contribution in [0.2, 0.25) is 0 Å². The fourth-order valence-electron chi connectivity index (χ4n) is 0.364. The van der Waals surface area contributed by atoms with Crippen LogP contribution in [0.4, 0.5) is 0 Å². The van der Waals surface area contributed by atoms with Crippen molar-refractivity contribution in [3.05, 3.63) is 23.8 Å². The van der Waals surface area contributed by atoms with Crippen molar-refractivity contribution in [2.75, 3.05) is 0 Å². The van der Waals surface area contributed by atoms with E-state index >= 15 is 0 Å². The van der Waals surface area contributed by atoms with Crippen molar-refractivity contribution >= 4 is 0 Å². The van der Waals surface area contributed by atoms with Gasteiger partial charge in [0.15, 0.2) is 0 Å². The molecule has 0 aromatic heterocycles. The van der Waals surface area contributed by atoms with Crippen LogP contribution < -0.4 is 0 Å². The smallest absolute Gasteiger partial charge is 0.00706 e. The van der Waals surface area contributed by atoms with E-state index in [1.807, 2.05) is 0 Å². The fraction of sp³-hybridized carbons (Fsp3) is 0.500. The lowest BCUT2D eigenvalue weighted by Crippen LogP contribution is -1.75. The van der Waals surface area contributed by atoms with Crippen molar-refractivity contribution in [3.8, 4) is 0 Å². The van der Waals surface area contributed by atoms with Crippen molar-refractivity contribution in [1.82, 2.24) is 0 Å². The highest BCUT2D eigenvalue weighted by atomic mass is 13.9. The second-order valence-corrected chi connectivity index (χ2v) is 2.21. The molecule has 0 heteroatoms. The van der Waals surface area contributed by atoms with Crippen LogP contribution in [0.3, 0.4) is 0 Å². The van der Waals surface area contributed by atoms with Crippen molar-refractivity contribution < 1.29 is 0 Å². The van der Waals surface area contributed by atoms with Crippen molar-refractivity contribution in [2.24, 2.45) is 0 Å². The third kappa shape index (κ3) is 2.62. The van der Waals surface area contributed by atoms with Gasteiger partial charge in [-0.25, -0.2) is 0 Å². The number of rotatable bonds is 2. The van der Waals surface area contributed by atoms with Crippen LogP contribution in [0.1, 0.15) is 27.2 Å². The van der Waals surface area contributed by atoms with Crippen LogP contribution in [0.25, 0.3) is 0 Å². The van der Waals surface area contributed by atoms with Gasteiger partial charge in [-0.1, -0.05) is 17.7 Å². The molecule has 0 heterocycles. The summed E-state index contributed by atoms with van der Waals surface area (Å²) in [5, 5.41) is 0. The minimum atomic E-state index is 0.905. The van der Waals surface area contributed by atoms with Crippen LogP contribution in [0.15, 0.2) is 17.7 Å². The van der Waals surface area contributed by atoms with Gasteiger partial charge >= 0.3 is 0 Å². The Hall–Kier alpha value is -0.520. The van der Waals surface area contributed by atoms with Gasteiger partial charge in [0.1, 0.15) is 0 Å². The van der Waals surface area contributed by atoms with Gasteiger partial charge in [-0.3, -0.25) is 0 Å². The highest BCUT2D eigenvalue weighted by Crippen LogP contribution is 2.05. The van der Waals surface area contributed by atoms with Crippen LogP contribution in [-0.2, 0) is 0 Å².